The molecule has 0 fully saturated rings. The van der Waals surface area contributed by atoms with Crippen molar-refractivity contribution in [3.8, 4) is 5.75 Å². The molecule has 2 aromatic carbocycles. The smallest absolute Gasteiger partial charge is 0.342 e. The highest BCUT2D eigenvalue weighted by Gasteiger charge is 2.24. The van der Waals surface area contributed by atoms with E-state index in [1.54, 1.807) is 42.2 Å². The second-order valence-corrected chi connectivity index (χ2v) is 8.84. The highest BCUT2D eigenvalue weighted by Crippen LogP contribution is 2.33. The molecule has 2 N–H and O–H groups in total. The highest BCUT2D eigenvalue weighted by atomic mass is 19.1. The number of carbonyl (C=O) groups is 2. The van der Waals surface area contributed by atoms with Crippen LogP contribution in [-0.2, 0) is 16.6 Å². The van der Waals surface area contributed by atoms with Crippen molar-refractivity contribution < 1.29 is 23.8 Å². The summed E-state index contributed by atoms with van der Waals surface area (Å²) in [5.41, 5.74) is 2.19. The van der Waals surface area contributed by atoms with Crippen LogP contribution in [-0.4, -0.2) is 33.1 Å². The van der Waals surface area contributed by atoms with Crippen molar-refractivity contribution in [2.45, 2.75) is 45.6 Å². The maximum atomic E-state index is 13.4. The molecule has 34 heavy (non-hydrogen) atoms. The molecule has 3 rings (SSSR count). The number of halogens is 1. The SMILES string of the molecule is CC(C)c1cc(C(=O)OCC(=O)NC(c2ccc(F)cc2)c2nccn2C)c(O)c(C(C)C)c1. The normalized spacial score (nSPS) is 12.1. The van der Waals surface area contributed by atoms with E-state index in [-0.39, 0.29) is 23.1 Å². The fourth-order valence-electron chi connectivity index (χ4n) is 3.63. The Morgan fingerprint density at radius 1 is 1.09 bits per heavy atom. The minimum atomic E-state index is -0.785. The van der Waals surface area contributed by atoms with Crippen LogP contribution in [0.5, 0.6) is 5.75 Å². The van der Waals surface area contributed by atoms with Crippen molar-refractivity contribution in [2.24, 2.45) is 7.05 Å². The summed E-state index contributed by atoms with van der Waals surface area (Å²) in [7, 11) is 1.78. The van der Waals surface area contributed by atoms with Crippen LogP contribution in [0, 0.1) is 5.82 Å². The second-order valence-electron chi connectivity index (χ2n) is 8.84. The molecule has 1 amide bonds. The van der Waals surface area contributed by atoms with Crippen LogP contribution in [0.15, 0.2) is 48.8 Å². The number of nitrogens with one attached hydrogen (secondary N) is 1. The molecule has 1 atom stereocenters. The summed E-state index contributed by atoms with van der Waals surface area (Å²) in [4.78, 5) is 29.8. The predicted molar refractivity (Wildman–Crippen MR) is 126 cm³/mol. The molecule has 1 unspecified atom stereocenters. The number of phenolic OH excluding ortho intramolecular Hbond substituents is 1. The molecular formula is C26H30FN3O4. The van der Waals surface area contributed by atoms with E-state index in [1.807, 2.05) is 33.8 Å². The molecule has 0 aliphatic heterocycles. The quantitative estimate of drug-likeness (QED) is 0.473. The number of rotatable bonds is 8. The van der Waals surface area contributed by atoms with E-state index in [9.17, 15) is 19.1 Å². The molecule has 7 nitrogen and oxygen atoms in total. The van der Waals surface area contributed by atoms with Crippen molar-refractivity contribution in [1.29, 1.82) is 0 Å². The molecule has 0 aliphatic rings. The van der Waals surface area contributed by atoms with Gasteiger partial charge in [-0.3, -0.25) is 4.79 Å². The minimum absolute atomic E-state index is 0.00259. The van der Waals surface area contributed by atoms with Gasteiger partial charge in [0.2, 0.25) is 0 Å². The maximum absolute atomic E-state index is 13.4. The molecule has 180 valence electrons. The fourth-order valence-corrected chi connectivity index (χ4v) is 3.63. The molecule has 0 radical (unpaired) electrons. The summed E-state index contributed by atoms with van der Waals surface area (Å²) >= 11 is 0. The molecule has 0 saturated carbocycles. The molecule has 0 aliphatic carbocycles. The number of benzene rings is 2. The molecule has 0 saturated heterocycles. The average Bonchev–Trinajstić information content (AvgIpc) is 3.21. The van der Waals surface area contributed by atoms with E-state index < -0.39 is 30.3 Å². The number of ether oxygens (including phenoxy) is 1. The number of aromatic hydroxyl groups is 1. The average molecular weight is 468 g/mol. The maximum Gasteiger partial charge on any atom is 0.342 e. The monoisotopic (exact) mass is 467 g/mol. The number of aromatic nitrogens is 2. The largest absolute Gasteiger partial charge is 0.507 e. The number of carbonyl (C=O) groups excluding carboxylic acids is 2. The topological polar surface area (TPSA) is 93.5 Å². The van der Waals surface area contributed by atoms with Crippen molar-refractivity contribution in [1.82, 2.24) is 14.9 Å². The lowest BCUT2D eigenvalue weighted by Crippen LogP contribution is -2.34. The molecule has 0 bridgehead atoms. The number of amides is 1. The standard InChI is InChI=1S/C26H30FN3O4/c1-15(2)18-12-20(16(3)4)24(32)21(13-18)26(33)34-14-22(31)29-23(25-28-10-11-30(25)5)17-6-8-19(27)9-7-17/h6-13,15-16,23,32H,14H2,1-5H3,(H,29,31). The highest BCUT2D eigenvalue weighted by molar-refractivity contribution is 5.94. The van der Waals surface area contributed by atoms with Gasteiger partial charge in [0.05, 0.1) is 0 Å². The van der Waals surface area contributed by atoms with Crippen LogP contribution < -0.4 is 5.32 Å². The van der Waals surface area contributed by atoms with Crippen LogP contribution >= 0.6 is 0 Å². The van der Waals surface area contributed by atoms with Crippen LogP contribution in [0.3, 0.4) is 0 Å². The summed E-state index contributed by atoms with van der Waals surface area (Å²) in [6.07, 6.45) is 3.32. The van der Waals surface area contributed by atoms with Gasteiger partial charge < -0.3 is 19.7 Å². The number of imidazole rings is 1. The van der Waals surface area contributed by atoms with Crippen molar-refractivity contribution in [3.63, 3.8) is 0 Å². The summed E-state index contributed by atoms with van der Waals surface area (Å²) in [6, 6.07) is 8.53. The second kappa shape index (κ2) is 10.5. The number of aryl methyl sites for hydroxylation is 1. The Hall–Kier alpha value is -3.68. The lowest BCUT2D eigenvalue weighted by atomic mass is 9.92. The molecule has 1 aromatic heterocycles. The third kappa shape index (κ3) is 5.62. The van der Waals surface area contributed by atoms with Gasteiger partial charge in [-0.05, 0) is 46.7 Å². The van der Waals surface area contributed by atoms with E-state index >= 15 is 0 Å². The molecule has 8 heteroatoms. The van der Waals surface area contributed by atoms with Crippen molar-refractivity contribution in [3.05, 3.63) is 82.7 Å². The Kier molecular flexibility index (Phi) is 7.71. The Balaban J connectivity index is 1.77. The van der Waals surface area contributed by atoms with Crippen LogP contribution in [0.25, 0.3) is 0 Å². The summed E-state index contributed by atoms with van der Waals surface area (Å²) in [5.74, 6) is -1.20. The lowest BCUT2D eigenvalue weighted by molar-refractivity contribution is -0.124. The van der Waals surface area contributed by atoms with Gasteiger partial charge in [-0.25, -0.2) is 14.2 Å². The van der Waals surface area contributed by atoms with Gasteiger partial charge in [-0.2, -0.15) is 0 Å². The third-order valence-electron chi connectivity index (χ3n) is 5.63. The van der Waals surface area contributed by atoms with Crippen LogP contribution in [0.1, 0.15) is 78.4 Å². The van der Waals surface area contributed by atoms with Crippen molar-refractivity contribution >= 4 is 11.9 Å². The zero-order chi connectivity index (χ0) is 25.0. The van der Waals surface area contributed by atoms with Gasteiger partial charge in [0.1, 0.15) is 29.0 Å². The first-order valence-corrected chi connectivity index (χ1v) is 11.1. The first-order chi connectivity index (χ1) is 16.1. The zero-order valence-corrected chi connectivity index (χ0v) is 20.0. The van der Waals surface area contributed by atoms with E-state index in [2.05, 4.69) is 10.3 Å². The Labute approximate surface area is 198 Å². The summed E-state index contributed by atoms with van der Waals surface area (Å²) < 4.78 is 20.4. The van der Waals surface area contributed by atoms with Crippen molar-refractivity contribution in [2.75, 3.05) is 6.61 Å². The van der Waals surface area contributed by atoms with E-state index in [0.29, 0.717) is 17.0 Å². The summed E-state index contributed by atoms with van der Waals surface area (Å²) in [5, 5.41) is 13.4. The van der Waals surface area contributed by atoms with Crippen LogP contribution in [0.4, 0.5) is 4.39 Å². The molecule has 1 heterocycles. The van der Waals surface area contributed by atoms with Gasteiger partial charge in [0.15, 0.2) is 6.61 Å². The van der Waals surface area contributed by atoms with E-state index in [4.69, 9.17) is 4.74 Å². The predicted octanol–water partition coefficient (Wildman–Crippen LogP) is 4.57. The Morgan fingerprint density at radius 2 is 1.76 bits per heavy atom. The fraction of sp³-hybridized carbons (Fsp3) is 0.346. The van der Waals surface area contributed by atoms with Gasteiger partial charge >= 0.3 is 5.97 Å². The van der Waals surface area contributed by atoms with Gasteiger partial charge in [0, 0.05) is 19.4 Å². The summed E-state index contributed by atoms with van der Waals surface area (Å²) in [6.45, 7) is 7.28. The molecule has 3 aromatic rings. The number of hydrogen-bond acceptors (Lipinski definition) is 5. The van der Waals surface area contributed by atoms with E-state index in [0.717, 1.165) is 5.56 Å². The van der Waals surface area contributed by atoms with Gasteiger partial charge in [0.25, 0.3) is 5.91 Å². The molecule has 0 spiro atoms. The first kappa shape index (κ1) is 25.0. The molecular weight excluding hydrogens is 437 g/mol. The number of esters is 1. The third-order valence-corrected chi connectivity index (χ3v) is 5.63. The first-order valence-electron chi connectivity index (χ1n) is 11.1. The zero-order valence-electron chi connectivity index (χ0n) is 20.0. The number of hydrogen-bond donors (Lipinski definition) is 2. The Morgan fingerprint density at radius 3 is 2.32 bits per heavy atom. The number of nitrogens with zero attached hydrogens (tertiary/aromatic N) is 2. The van der Waals surface area contributed by atoms with Gasteiger partial charge in [-0.15, -0.1) is 0 Å². The van der Waals surface area contributed by atoms with E-state index in [1.165, 1.54) is 12.1 Å². The lowest BCUT2D eigenvalue weighted by Gasteiger charge is -2.19. The van der Waals surface area contributed by atoms with Crippen LogP contribution in [0.2, 0.25) is 0 Å². The minimum Gasteiger partial charge on any atom is -0.507 e. The Bertz CT molecular complexity index is 1170. The number of phenols is 1. The van der Waals surface area contributed by atoms with Gasteiger partial charge in [-0.1, -0.05) is 45.9 Å².